The predicted molar refractivity (Wildman–Crippen MR) is 111 cm³/mol. The van der Waals surface area contributed by atoms with Crippen molar-refractivity contribution in [3.8, 4) is 0 Å². The minimum atomic E-state index is -0.431. The highest BCUT2D eigenvalue weighted by molar-refractivity contribution is 7.99. The Kier molecular flexibility index (Phi) is 5.56. The van der Waals surface area contributed by atoms with Gasteiger partial charge in [0.25, 0.3) is 5.91 Å². The molecule has 1 aromatic carbocycles. The van der Waals surface area contributed by atoms with Gasteiger partial charge in [0.15, 0.2) is 5.16 Å². The van der Waals surface area contributed by atoms with Crippen molar-refractivity contribution in [3.63, 3.8) is 0 Å². The number of rotatable bonds is 5. The lowest BCUT2D eigenvalue weighted by Gasteiger charge is -2.15. The van der Waals surface area contributed by atoms with E-state index in [0.717, 1.165) is 5.56 Å². The van der Waals surface area contributed by atoms with Crippen molar-refractivity contribution >= 4 is 40.4 Å². The fourth-order valence-corrected chi connectivity index (χ4v) is 3.50. The molecule has 0 aliphatic carbocycles. The minimum Gasteiger partial charge on any atom is -0.443 e. The summed E-state index contributed by atoms with van der Waals surface area (Å²) in [5.41, 5.74) is 1.38. The molecule has 0 aliphatic heterocycles. The zero-order valence-corrected chi connectivity index (χ0v) is 17.4. The summed E-state index contributed by atoms with van der Waals surface area (Å²) in [7, 11) is 0. The van der Waals surface area contributed by atoms with Crippen LogP contribution in [0.5, 0.6) is 0 Å². The highest BCUT2D eigenvalue weighted by Gasteiger charge is 2.23. The Morgan fingerprint density at radius 2 is 1.79 bits per heavy atom. The van der Waals surface area contributed by atoms with Crippen molar-refractivity contribution in [2.75, 3.05) is 11.1 Å². The van der Waals surface area contributed by atoms with Crippen molar-refractivity contribution in [1.82, 2.24) is 9.97 Å². The van der Waals surface area contributed by atoms with Gasteiger partial charge < -0.3 is 9.73 Å². The molecular weight excluding hydrogens is 374 g/mol. The molecule has 0 aliphatic rings. The van der Waals surface area contributed by atoms with Gasteiger partial charge in [0, 0.05) is 16.5 Å². The van der Waals surface area contributed by atoms with Gasteiger partial charge in [0.2, 0.25) is 5.71 Å². The molecule has 0 saturated carbocycles. The van der Waals surface area contributed by atoms with E-state index in [-0.39, 0.29) is 17.4 Å². The highest BCUT2D eigenvalue weighted by Crippen LogP contribution is 2.32. The lowest BCUT2D eigenvalue weighted by Crippen LogP contribution is -2.22. The number of ketones is 1. The number of hydrogen-bond acceptors (Lipinski definition) is 6. The molecule has 7 heteroatoms. The number of nitrogens with zero attached hydrogens (tertiary/aromatic N) is 2. The molecule has 1 amide bonds. The molecule has 2 aromatic heterocycles. The molecule has 0 spiro atoms. The second kappa shape index (κ2) is 7.75. The molecular formula is C21H23N3O3S. The maximum Gasteiger partial charge on any atom is 0.256 e. The fraction of sp³-hybridized carbons (Fsp3) is 0.333. The number of aromatic nitrogens is 2. The number of furan rings is 1. The largest absolute Gasteiger partial charge is 0.443 e. The van der Waals surface area contributed by atoms with Gasteiger partial charge in [0.1, 0.15) is 17.4 Å². The van der Waals surface area contributed by atoms with Crippen LogP contribution in [0.25, 0.3) is 11.1 Å². The lowest BCUT2D eigenvalue weighted by atomic mass is 9.92. The Morgan fingerprint density at radius 3 is 2.43 bits per heavy atom. The van der Waals surface area contributed by atoms with E-state index in [1.807, 2.05) is 40.7 Å². The van der Waals surface area contributed by atoms with Gasteiger partial charge in [-0.2, -0.15) is 4.98 Å². The maximum atomic E-state index is 12.6. The first-order chi connectivity index (χ1) is 13.2. The number of anilines is 1. The number of Topliss-reactive ketones (excluding diaryl/α,β-unsaturated/α-hetero) is 1. The molecule has 146 valence electrons. The molecule has 0 unspecified atom stereocenters. The van der Waals surface area contributed by atoms with Crippen molar-refractivity contribution < 1.29 is 14.0 Å². The van der Waals surface area contributed by atoms with Crippen LogP contribution in [-0.4, -0.2) is 27.4 Å². The molecule has 2 heterocycles. The number of hydrogen-bond donors (Lipinski definition) is 1. The standard InChI is InChI=1S/C21H23N3O3S/c1-12-13(2)27-19-16(12)17(22-18(26)14-9-7-6-8-10-14)23-20(24-19)28-11-15(25)21(3,4)5/h6-10H,11H2,1-5H3,(H,22,23,24,26). The van der Waals surface area contributed by atoms with Crippen LogP contribution in [0.15, 0.2) is 39.9 Å². The Balaban J connectivity index is 1.95. The number of aryl methyl sites for hydroxylation is 2. The van der Waals surface area contributed by atoms with E-state index in [1.54, 1.807) is 24.3 Å². The van der Waals surface area contributed by atoms with Crippen molar-refractivity contribution in [2.45, 2.75) is 39.8 Å². The Bertz CT molecular complexity index is 1040. The molecule has 0 saturated heterocycles. The molecule has 6 nitrogen and oxygen atoms in total. The molecule has 0 bridgehead atoms. The number of nitrogens with one attached hydrogen (secondary N) is 1. The second-order valence-corrected chi connectivity index (χ2v) is 8.54. The van der Waals surface area contributed by atoms with Crippen molar-refractivity contribution in [1.29, 1.82) is 0 Å². The van der Waals surface area contributed by atoms with E-state index in [2.05, 4.69) is 15.3 Å². The fourth-order valence-electron chi connectivity index (χ4n) is 2.50. The van der Waals surface area contributed by atoms with Gasteiger partial charge in [-0.3, -0.25) is 9.59 Å². The van der Waals surface area contributed by atoms with Gasteiger partial charge >= 0.3 is 0 Å². The monoisotopic (exact) mass is 397 g/mol. The van der Waals surface area contributed by atoms with Crippen LogP contribution in [0, 0.1) is 19.3 Å². The quantitative estimate of drug-likeness (QED) is 0.492. The predicted octanol–water partition coefficient (Wildman–Crippen LogP) is 4.80. The highest BCUT2D eigenvalue weighted by atomic mass is 32.2. The molecule has 3 rings (SSSR count). The molecule has 0 fully saturated rings. The molecule has 1 N–H and O–H groups in total. The summed E-state index contributed by atoms with van der Waals surface area (Å²) >= 11 is 1.24. The lowest BCUT2D eigenvalue weighted by molar-refractivity contribution is -0.123. The van der Waals surface area contributed by atoms with Crippen molar-refractivity contribution in [2.24, 2.45) is 5.41 Å². The van der Waals surface area contributed by atoms with Crippen LogP contribution in [0.2, 0.25) is 0 Å². The molecule has 28 heavy (non-hydrogen) atoms. The number of fused-ring (bicyclic) bond motifs is 1. The third-order valence-electron chi connectivity index (χ3n) is 4.44. The van der Waals surface area contributed by atoms with E-state index >= 15 is 0 Å². The van der Waals surface area contributed by atoms with Crippen LogP contribution < -0.4 is 5.32 Å². The molecule has 0 radical (unpaired) electrons. The summed E-state index contributed by atoms with van der Waals surface area (Å²) in [5, 5.41) is 3.93. The third-order valence-corrected chi connectivity index (χ3v) is 5.29. The van der Waals surface area contributed by atoms with Crippen molar-refractivity contribution in [3.05, 3.63) is 47.2 Å². The number of benzene rings is 1. The number of carbonyl (C=O) groups is 2. The number of thioether (sulfide) groups is 1. The number of amides is 1. The van der Waals surface area contributed by atoms with Crippen LogP contribution in [0.3, 0.4) is 0 Å². The van der Waals surface area contributed by atoms with Gasteiger partial charge in [-0.25, -0.2) is 4.98 Å². The smallest absolute Gasteiger partial charge is 0.256 e. The van der Waals surface area contributed by atoms with Crippen LogP contribution in [0.4, 0.5) is 5.82 Å². The zero-order valence-electron chi connectivity index (χ0n) is 16.6. The van der Waals surface area contributed by atoms with E-state index < -0.39 is 5.41 Å². The second-order valence-electron chi connectivity index (χ2n) is 7.60. The summed E-state index contributed by atoms with van der Waals surface area (Å²) in [6.45, 7) is 9.38. The minimum absolute atomic E-state index is 0.0999. The zero-order chi connectivity index (χ0) is 20.5. The first kappa shape index (κ1) is 20.1. The van der Waals surface area contributed by atoms with Crippen LogP contribution >= 0.6 is 11.8 Å². The van der Waals surface area contributed by atoms with Gasteiger partial charge in [0.05, 0.1) is 11.1 Å². The Hall–Kier alpha value is -2.67. The average molecular weight is 398 g/mol. The first-order valence-corrected chi connectivity index (χ1v) is 9.95. The summed E-state index contributed by atoms with van der Waals surface area (Å²) in [6.07, 6.45) is 0. The number of carbonyl (C=O) groups excluding carboxylic acids is 2. The van der Waals surface area contributed by atoms with Gasteiger partial charge in [-0.1, -0.05) is 50.7 Å². The average Bonchev–Trinajstić information content (AvgIpc) is 2.93. The van der Waals surface area contributed by atoms with E-state index in [4.69, 9.17) is 4.42 Å². The SMILES string of the molecule is Cc1oc2nc(SCC(=O)C(C)(C)C)nc(NC(=O)c3ccccc3)c2c1C. The summed E-state index contributed by atoms with van der Waals surface area (Å²) < 4.78 is 5.74. The summed E-state index contributed by atoms with van der Waals surface area (Å²) in [6, 6.07) is 8.93. The topological polar surface area (TPSA) is 85.1 Å². The molecule has 3 aromatic rings. The van der Waals surface area contributed by atoms with E-state index in [0.29, 0.717) is 33.4 Å². The maximum absolute atomic E-state index is 12.6. The van der Waals surface area contributed by atoms with Gasteiger partial charge in [-0.15, -0.1) is 0 Å². The van der Waals surface area contributed by atoms with Crippen LogP contribution in [-0.2, 0) is 4.79 Å². The van der Waals surface area contributed by atoms with E-state index in [9.17, 15) is 9.59 Å². The first-order valence-electron chi connectivity index (χ1n) is 8.97. The van der Waals surface area contributed by atoms with Gasteiger partial charge in [-0.05, 0) is 26.0 Å². The van der Waals surface area contributed by atoms with E-state index in [1.165, 1.54) is 11.8 Å². The Labute approximate surface area is 168 Å². The third kappa shape index (κ3) is 4.25. The summed E-state index contributed by atoms with van der Waals surface area (Å²) in [5.74, 6) is 1.19. The normalized spacial score (nSPS) is 11.6. The molecule has 0 atom stereocenters. The van der Waals surface area contributed by atoms with Crippen LogP contribution in [0.1, 0.15) is 42.5 Å². The Morgan fingerprint density at radius 1 is 1.11 bits per heavy atom. The summed E-state index contributed by atoms with van der Waals surface area (Å²) in [4.78, 5) is 33.8.